The molecule has 0 atom stereocenters. The number of nitrogens with zero attached hydrogens (tertiary/aromatic N) is 4. The molecule has 8 nitrogen and oxygen atoms in total. The van der Waals surface area contributed by atoms with Gasteiger partial charge in [0.1, 0.15) is 0 Å². The summed E-state index contributed by atoms with van der Waals surface area (Å²) in [6.45, 7) is 4.34. The molecule has 1 amide bonds. The van der Waals surface area contributed by atoms with Gasteiger partial charge in [0.15, 0.2) is 17.4 Å². The van der Waals surface area contributed by atoms with Gasteiger partial charge in [-0.25, -0.2) is 4.68 Å². The first-order valence-corrected chi connectivity index (χ1v) is 9.79. The molecule has 3 aromatic rings. The number of aryl methyl sites for hydroxylation is 1. The first-order valence-electron chi connectivity index (χ1n) is 9.79. The number of likely N-dealkylation sites (tertiary alicyclic amines) is 1. The fraction of sp³-hybridized carbons (Fsp3) is 0.381. The summed E-state index contributed by atoms with van der Waals surface area (Å²) in [4.78, 5) is 19.4. The number of benzene rings is 1. The van der Waals surface area contributed by atoms with E-state index < -0.39 is 5.79 Å². The second-order valence-electron chi connectivity index (χ2n) is 7.39. The quantitative estimate of drug-likeness (QED) is 0.679. The average Bonchev–Trinajstić information content (AvgIpc) is 3.49. The zero-order valence-corrected chi connectivity index (χ0v) is 16.2. The van der Waals surface area contributed by atoms with E-state index in [2.05, 4.69) is 10.1 Å². The summed E-state index contributed by atoms with van der Waals surface area (Å²) in [6.07, 6.45) is 2.89. The van der Waals surface area contributed by atoms with E-state index in [9.17, 15) is 4.79 Å². The average molecular weight is 394 g/mol. The Labute approximate surface area is 168 Å². The fourth-order valence-electron chi connectivity index (χ4n) is 3.89. The number of aromatic nitrogens is 3. The fourth-order valence-corrected chi connectivity index (χ4v) is 3.89. The molecular weight excluding hydrogens is 372 g/mol. The minimum atomic E-state index is -0.523. The highest BCUT2D eigenvalue weighted by atomic mass is 16.7. The summed E-state index contributed by atoms with van der Waals surface area (Å²) >= 11 is 0. The summed E-state index contributed by atoms with van der Waals surface area (Å²) in [5, 5.41) is 4.53. The minimum absolute atomic E-state index is 0.155. The van der Waals surface area contributed by atoms with Gasteiger partial charge in [0.2, 0.25) is 5.82 Å². The van der Waals surface area contributed by atoms with Gasteiger partial charge in [-0.3, -0.25) is 4.79 Å². The van der Waals surface area contributed by atoms with Crippen LogP contribution in [0.5, 0.6) is 0 Å². The summed E-state index contributed by atoms with van der Waals surface area (Å²) < 4.78 is 18.7. The van der Waals surface area contributed by atoms with Crippen molar-refractivity contribution < 1.29 is 18.7 Å². The lowest BCUT2D eigenvalue weighted by Gasteiger charge is -2.37. The molecule has 1 spiro atoms. The smallest absolute Gasteiger partial charge is 0.293 e. The van der Waals surface area contributed by atoms with E-state index in [0.717, 1.165) is 11.3 Å². The molecule has 150 valence electrons. The molecular formula is C21H22N4O4. The zero-order valence-electron chi connectivity index (χ0n) is 16.2. The molecule has 2 fully saturated rings. The molecule has 0 radical (unpaired) electrons. The standard InChI is InChI=1S/C21H22N4O4/c1-15-4-2-5-16(14-15)25-19(17-6-3-11-27-17)22-18(23-25)20(26)24-9-7-21(8-10-24)28-12-13-29-21/h2-6,11,14H,7-10,12-13H2,1H3. The van der Waals surface area contributed by atoms with E-state index >= 15 is 0 Å². The Balaban J connectivity index is 1.45. The zero-order chi connectivity index (χ0) is 19.8. The van der Waals surface area contributed by atoms with Gasteiger partial charge in [0.25, 0.3) is 5.91 Å². The molecule has 0 aliphatic carbocycles. The van der Waals surface area contributed by atoms with Crippen LogP contribution in [0.1, 0.15) is 29.0 Å². The van der Waals surface area contributed by atoms with Gasteiger partial charge in [-0.05, 0) is 36.8 Å². The van der Waals surface area contributed by atoms with Crippen LogP contribution in [0, 0.1) is 6.92 Å². The number of ether oxygens (including phenoxy) is 2. The van der Waals surface area contributed by atoms with Crippen molar-refractivity contribution in [2.45, 2.75) is 25.6 Å². The van der Waals surface area contributed by atoms with Crippen LogP contribution in [0.25, 0.3) is 17.3 Å². The first kappa shape index (κ1) is 18.1. The maximum absolute atomic E-state index is 13.1. The Morgan fingerprint density at radius 3 is 2.59 bits per heavy atom. The van der Waals surface area contributed by atoms with Crippen molar-refractivity contribution in [1.29, 1.82) is 0 Å². The number of hydrogen-bond donors (Lipinski definition) is 0. The monoisotopic (exact) mass is 394 g/mol. The number of hydrogen-bond acceptors (Lipinski definition) is 6. The predicted molar refractivity (Wildman–Crippen MR) is 104 cm³/mol. The van der Waals surface area contributed by atoms with Crippen molar-refractivity contribution in [1.82, 2.24) is 19.7 Å². The van der Waals surface area contributed by atoms with Crippen LogP contribution in [0.2, 0.25) is 0 Å². The highest BCUT2D eigenvalue weighted by molar-refractivity contribution is 5.91. The van der Waals surface area contributed by atoms with Gasteiger partial charge >= 0.3 is 0 Å². The molecule has 29 heavy (non-hydrogen) atoms. The van der Waals surface area contributed by atoms with Crippen LogP contribution in [0.4, 0.5) is 0 Å². The van der Waals surface area contributed by atoms with Crippen molar-refractivity contribution in [3.63, 3.8) is 0 Å². The third-order valence-electron chi connectivity index (χ3n) is 5.41. The molecule has 8 heteroatoms. The highest BCUT2D eigenvalue weighted by Crippen LogP contribution is 2.32. The molecule has 0 unspecified atom stereocenters. The Bertz CT molecular complexity index is 1010. The molecule has 0 N–H and O–H groups in total. The van der Waals surface area contributed by atoms with E-state index in [4.69, 9.17) is 13.9 Å². The Kier molecular flexibility index (Phi) is 4.44. The maximum Gasteiger partial charge on any atom is 0.293 e. The van der Waals surface area contributed by atoms with Gasteiger partial charge in [-0.15, -0.1) is 5.10 Å². The lowest BCUT2D eigenvalue weighted by molar-refractivity contribution is -0.181. The molecule has 0 saturated carbocycles. The van der Waals surface area contributed by atoms with E-state index in [1.807, 2.05) is 37.3 Å². The van der Waals surface area contributed by atoms with E-state index in [0.29, 0.717) is 50.7 Å². The first-order chi connectivity index (χ1) is 14.1. The van der Waals surface area contributed by atoms with Crippen molar-refractivity contribution >= 4 is 5.91 Å². The van der Waals surface area contributed by atoms with Gasteiger partial charge in [-0.2, -0.15) is 4.98 Å². The SMILES string of the molecule is Cc1cccc(-n2nc(C(=O)N3CCC4(CC3)OCCO4)nc2-c2ccco2)c1. The second-order valence-corrected chi connectivity index (χ2v) is 7.39. The lowest BCUT2D eigenvalue weighted by Crippen LogP contribution is -2.47. The number of furan rings is 1. The van der Waals surface area contributed by atoms with Crippen LogP contribution in [-0.4, -0.2) is 57.7 Å². The molecule has 2 aromatic heterocycles. The van der Waals surface area contributed by atoms with Crippen LogP contribution < -0.4 is 0 Å². The number of amides is 1. The molecule has 0 bridgehead atoms. The van der Waals surface area contributed by atoms with Crippen molar-refractivity contribution in [3.8, 4) is 17.3 Å². The summed E-state index contributed by atoms with van der Waals surface area (Å²) in [7, 11) is 0. The Morgan fingerprint density at radius 1 is 1.10 bits per heavy atom. The molecule has 4 heterocycles. The van der Waals surface area contributed by atoms with E-state index in [1.165, 1.54) is 0 Å². The van der Waals surface area contributed by atoms with Gasteiger partial charge in [0.05, 0.1) is 25.2 Å². The topological polar surface area (TPSA) is 82.6 Å². The Hall–Kier alpha value is -2.97. The van der Waals surface area contributed by atoms with Gasteiger partial charge in [0, 0.05) is 25.9 Å². The van der Waals surface area contributed by atoms with Crippen molar-refractivity contribution in [2.24, 2.45) is 0 Å². The molecule has 5 rings (SSSR count). The number of carbonyl (C=O) groups is 1. The largest absolute Gasteiger partial charge is 0.461 e. The third kappa shape index (κ3) is 3.34. The summed E-state index contributed by atoms with van der Waals surface area (Å²) in [5.74, 6) is 0.493. The van der Waals surface area contributed by atoms with Crippen molar-refractivity contribution in [2.75, 3.05) is 26.3 Å². The van der Waals surface area contributed by atoms with Crippen LogP contribution in [0.15, 0.2) is 47.1 Å². The van der Waals surface area contributed by atoms with Crippen LogP contribution in [-0.2, 0) is 9.47 Å². The van der Waals surface area contributed by atoms with E-state index in [1.54, 1.807) is 21.9 Å². The second kappa shape index (κ2) is 7.13. The number of rotatable bonds is 3. The lowest BCUT2D eigenvalue weighted by atomic mass is 10.0. The van der Waals surface area contributed by atoms with E-state index in [-0.39, 0.29) is 11.7 Å². The maximum atomic E-state index is 13.1. The van der Waals surface area contributed by atoms with Gasteiger partial charge < -0.3 is 18.8 Å². The van der Waals surface area contributed by atoms with Crippen LogP contribution in [0.3, 0.4) is 0 Å². The van der Waals surface area contributed by atoms with Gasteiger partial charge in [-0.1, -0.05) is 12.1 Å². The molecule has 2 aliphatic rings. The molecule has 2 saturated heterocycles. The van der Waals surface area contributed by atoms with Crippen molar-refractivity contribution in [3.05, 3.63) is 54.0 Å². The van der Waals surface area contributed by atoms with Crippen LogP contribution >= 0.6 is 0 Å². The predicted octanol–water partition coefficient (Wildman–Crippen LogP) is 2.81. The molecule has 1 aromatic carbocycles. The highest BCUT2D eigenvalue weighted by Gasteiger charge is 2.41. The third-order valence-corrected chi connectivity index (χ3v) is 5.41. The Morgan fingerprint density at radius 2 is 1.90 bits per heavy atom. The minimum Gasteiger partial charge on any atom is -0.461 e. The number of piperidine rings is 1. The normalized spacial score (nSPS) is 18.4. The summed E-state index contributed by atoms with van der Waals surface area (Å²) in [6, 6.07) is 11.5. The number of carbonyl (C=O) groups excluding carboxylic acids is 1. The molecule has 2 aliphatic heterocycles. The summed E-state index contributed by atoms with van der Waals surface area (Å²) in [5.41, 5.74) is 1.92.